The molecule has 2 aliphatic rings. The van der Waals surface area contributed by atoms with Crippen LogP contribution in [0.4, 0.5) is 13.2 Å². The van der Waals surface area contributed by atoms with E-state index in [0.717, 1.165) is 13.0 Å². The van der Waals surface area contributed by atoms with Crippen LogP contribution in [0, 0.1) is 5.92 Å². The summed E-state index contributed by atoms with van der Waals surface area (Å²) in [6.07, 6.45) is -3.52. The van der Waals surface area contributed by atoms with Gasteiger partial charge in [-0.3, -0.25) is 4.79 Å². The molecule has 1 saturated carbocycles. The Balaban J connectivity index is 1.93. The van der Waals surface area contributed by atoms with Crippen LogP contribution in [0.15, 0.2) is 0 Å². The van der Waals surface area contributed by atoms with E-state index in [1.807, 2.05) is 6.92 Å². The third kappa shape index (κ3) is 3.02. The van der Waals surface area contributed by atoms with E-state index in [4.69, 9.17) is 4.74 Å². The maximum absolute atomic E-state index is 12.8. The molecule has 2 atom stereocenters. The molecule has 2 fully saturated rings. The van der Waals surface area contributed by atoms with Crippen molar-refractivity contribution in [2.45, 2.75) is 43.9 Å². The molecule has 0 aromatic heterocycles. The van der Waals surface area contributed by atoms with E-state index >= 15 is 0 Å². The van der Waals surface area contributed by atoms with Crippen molar-refractivity contribution in [1.29, 1.82) is 0 Å². The summed E-state index contributed by atoms with van der Waals surface area (Å²) in [6, 6.07) is -0.191. The molecule has 2 N–H and O–H groups in total. The predicted octanol–water partition coefficient (Wildman–Crippen LogP) is 1.21. The maximum atomic E-state index is 12.8. The Labute approximate surface area is 110 Å². The molecular weight excluding hydrogens is 261 g/mol. The van der Waals surface area contributed by atoms with Gasteiger partial charge < -0.3 is 15.4 Å². The first-order valence-electron chi connectivity index (χ1n) is 6.59. The molecule has 0 aromatic carbocycles. The molecular formula is C12H19F3N2O2. The van der Waals surface area contributed by atoms with Crippen molar-refractivity contribution < 1.29 is 22.7 Å². The van der Waals surface area contributed by atoms with Crippen LogP contribution in [0.3, 0.4) is 0 Å². The first-order chi connectivity index (χ1) is 8.89. The van der Waals surface area contributed by atoms with Crippen molar-refractivity contribution >= 4 is 5.91 Å². The van der Waals surface area contributed by atoms with Gasteiger partial charge in [-0.1, -0.05) is 6.92 Å². The molecule has 0 spiro atoms. The van der Waals surface area contributed by atoms with Crippen LogP contribution in [0.25, 0.3) is 0 Å². The monoisotopic (exact) mass is 280 g/mol. The van der Waals surface area contributed by atoms with Crippen molar-refractivity contribution in [3.63, 3.8) is 0 Å². The summed E-state index contributed by atoms with van der Waals surface area (Å²) in [5.41, 5.74) is -1.98. The Morgan fingerprint density at radius 2 is 2.05 bits per heavy atom. The Bertz CT molecular complexity index is 342. The molecule has 2 rings (SSSR count). The van der Waals surface area contributed by atoms with Crippen LogP contribution in [0.1, 0.15) is 26.2 Å². The van der Waals surface area contributed by atoms with E-state index in [1.54, 1.807) is 0 Å². The molecule has 1 saturated heterocycles. The van der Waals surface area contributed by atoms with E-state index in [1.165, 1.54) is 0 Å². The van der Waals surface area contributed by atoms with Gasteiger partial charge in [-0.05, 0) is 25.8 Å². The minimum atomic E-state index is -4.37. The Kier molecular flexibility index (Phi) is 4.06. The largest absolute Gasteiger partial charge is 0.411 e. The Morgan fingerprint density at radius 1 is 1.37 bits per heavy atom. The number of halogens is 3. The zero-order valence-electron chi connectivity index (χ0n) is 10.8. The minimum absolute atomic E-state index is 0.0249. The van der Waals surface area contributed by atoms with Gasteiger partial charge in [-0.15, -0.1) is 0 Å². The number of carbonyl (C=O) groups excluding carboxylic acids is 1. The summed E-state index contributed by atoms with van der Waals surface area (Å²) in [4.78, 5) is 12.0. The second-order valence-electron chi connectivity index (χ2n) is 5.27. The quantitative estimate of drug-likeness (QED) is 0.796. The smallest absolute Gasteiger partial charge is 0.379 e. The minimum Gasteiger partial charge on any atom is -0.379 e. The van der Waals surface area contributed by atoms with Crippen LogP contribution in [-0.2, 0) is 9.53 Å². The van der Waals surface area contributed by atoms with Crippen LogP contribution < -0.4 is 10.6 Å². The van der Waals surface area contributed by atoms with Gasteiger partial charge in [0.05, 0.1) is 19.1 Å². The van der Waals surface area contributed by atoms with Crippen LogP contribution >= 0.6 is 0 Å². The summed E-state index contributed by atoms with van der Waals surface area (Å²) in [5.74, 6) is -1.09. The third-order valence-corrected chi connectivity index (χ3v) is 3.73. The third-order valence-electron chi connectivity index (χ3n) is 3.73. The highest BCUT2D eigenvalue weighted by Crippen LogP contribution is 2.49. The lowest BCUT2D eigenvalue weighted by atomic mass is 10.0. The fraction of sp³-hybridized carbons (Fsp3) is 0.917. The van der Waals surface area contributed by atoms with Crippen molar-refractivity contribution in [1.82, 2.24) is 10.6 Å². The topological polar surface area (TPSA) is 50.4 Å². The van der Waals surface area contributed by atoms with Crippen LogP contribution in [0.5, 0.6) is 0 Å². The SMILES string of the molecule is CCCNC1COCC1C(=O)NC1(C(F)(F)F)CC1. The predicted molar refractivity (Wildman–Crippen MR) is 62.6 cm³/mol. The number of carbonyl (C=O) groups is 1. The second-order valence-corrected chi connectivity index (χ2v) is 5.27. The van der Waals surface area contributed by atoms with E-state index in [9.17, 15) is 18.0 Å². The first-order valence-corrected chi connectivity index (χ1v) is 6.59. The number of nitrogens with one attached hydrogen (secondary N) is 2. The van der Waals surface area contributed by atoms with Gasteiger partial charge >= 0.3 is 6.18 Å². The first kappa shape index (κ1) is 14.6. The van der Waals surface area contributed by atoms with E-state index in [-0.39, 0.29) is 25.5 Å². The molecule has 4 nitrogen and oxygen atoms in total. The van der Waals surface area contributed by atoms with Gasteiger partial charge in [0, 0.05) is 6.04 Å². The highest BCUT2D eigenvalue weighted by Gasteiger charge is 2.64. The second kappa shape index (κ2) is 5.28. The highest BCUT2D eigenvalue weighted by molar-refractivity contribution is 5.81. The lowest BCUT2D eigenvalue weighted by Gasteiger charge is -2.24. The number of alkyl halides is 3. The average Bonchev–Trinajstić information content (AvgIpc) is 2.97. The number of rotatable bonds is 5. The number of ether oxygens (including phenoxy) is 1. The molecule has 0 bridgehead atoms. The van der Waals surface area contributed by atoms with Crippen molar-refractivity contribution in [3.05, 3.63) is 0 Å². The Hall–Kier alpha value is -0.820. The Morgan fingerprint density at radius 3 is 2.58 bits per heavy atom. The zero-order valence-corrected chi connectivity index (χ0v) is 10.8. The number of amides is 1. The molecule has 7 heteroatoms. The van der Waals surface area contributed by atoms with Gasteiger partial charge in [-0.2, -0.15) is 13.2 Å². The normalized spacial score (nSPS) is 29.3. The van der Waals surface area contributed by atoms with Gasteiger partial charge in [0.1, 0.15) is 5.54 Å². The van der Waals surface area contributed by atoms with E-state index in [2.05, 4.69) is 10.6 Å². The van der Waals surface area contributed by atoms with Crippen LogP contribution in [-0.4, -0.2) is 43.4 Å². The lowest BCUT2D eigenvalue weighted by Crippen LogP contribution is -2.53. The van der Waals surface area contributed by atoms with Gasteiger partial charge in [0.25, 0.3) is 0 Å². The summed E-state index contributed by atoms with van der Waals surface area (Å²) >= 11 is 0. The van der Waals surface area contributed by atoms with Gasteiger partial charge in [-0.25, -0.2) is 0 Å². The molecule has 110 valence electrons. The average molecular weight is 280 g/mol. The molecule has 1 amide bonds. The van der Waals surface area contributed by atoms with Crippen molar-refractivity contribution in [3.8, 4) is 0 Å². The molecule has 0 aromatic rings. The molecule has 0 radical (unpaired) electrons. The number of hydrogen-bond acceptors (Lipinski definition) is 3. The fourth-order valence-corrected chi connectivity index (χ4v) is 2.28. The van der Waals surface area contributed by atoms with E-state index < -0.39 is 23.5 Å². The number of hydrogen-bond donors (Lipinski definition) is 2. The van der Waals surface area contributed by atoms with Crippen molar-refractivity contribution in [2.75, 3.05) is 19.8 Å². The summed E-state index contributed by atoms with van der Waals surface area (Å²) in [7, 11) is 0. The van der Waals surface area contributed by atoms with Crippen molar-refractivity contribution in [2.24, 2.45) is 5.92 Å². The molecule has 1 heterocycles. The highest BCUT2D eigenvalue weighted by atomic mass is 19.4. The van der Waals surface area contributed by atoms with Gasteiger partial charge in [0.2, 0.25) is 5.91 Å². The van der Waals surface area contributed by atoms with E-state index in [0.29, 0.717) is 6.61 Å². The fourth-order valence-electron chi connectivity index (χ4n) is 2.28. The zero-order chi connectivity index (χ0) is 14.1. The molecule has 19 heavy (non-hydrogen) atoms. The summed E-state index contributed by atoms with van der Waals surface area (Å²) in [5, 5.41) is 5.31. The molecule has 1 aliphatic carbocycles. The summed E-state index contributed by atoms with van der Waals surface area (Å²) < 4.78 is 43.5. The van der Waals surface area contributed by atoms with Gasteiger partial charge in [0.15, 0.2) is 0 Å². The standard InChI is InChI=1S/C12H19F3N2O2/c1-2-5-16-9-7-19-6-8(9)10(18)17-11(3-4-11)12(13,14)15/h8-9,16H,2-7H2,1H3,(H,17,18). The lowest BCUT2D eigenvalue weighted by molar-refractivity contribution is -0.171. The molecule has 2 unspecified atom stereocenters. The summed E-state index contributed by atoms with van der Waals surface area (Å²) in [6.45, 7) is 3.27. The van der Waals surface area contributed by atoms with Crippen LogP contribution in [0.2, 0.25) is 0 Å². The molecule has 1 aliphatic heterocycles. The maximum Gasteiger partial charge on any atom is 0.411 e.